The van der Waals surface area contributed by atoms with Crippen LogP contribution < -0.4 is 9.47 Å². The molecular formula is C33H31NO8. The summed E-state index contributed by atoms with van der Waals surface area (Å²) in [5.74, 6) is -0.705. The fourth-order valence-electron chi connectivity index (χ4n) is 3.57. The van der Waals surface area contributed by atoms with Gasteiger partial charge in [0, 0.05) is 18.8 Å². The summed E-state index contributed by atoms with van der Waals surface area (Å²) in [6.07, 6.45) is 2.67. The highest BCUT2D eigenvalue weighted by molar-refractivity contribution is 5.91. The van der Waals surface area contributed by atoms with Crippen LogP contribution in [-0.2, 0) is 23.8 Å². The number of hydrogen-bond donors (Lipinski definition) is 0. The molecule has 0 aliphatic rings. The van der Waals surface area contributed by atoms with Crippen LogP contribution in [0.15, 0.2) is 98.1 Å². The Morgan fingerprint density at radius 1 is 0.762 bits per heavy atom. The maximum absolute atomic E-state index is 12.6. The number of hydrogen-bond acceptors (Lipinski definition) is 8. The van der Waals surface area contributed by atoms with Gasteiger partial charge >= 0.3 is 17.9 Å². The van der Waals surface area contributed by atoms with Crippen LogP contribution in [0.25, 0.3) is 16.0 Å². The average molecular weight is 570 g/mol. The second kappa shape index (κ2) is 16.8. The predicted octanol–water partition coefficient (Wildman–Crippen LogP) is 6.13. The third-order valence-corrected chi connectivity index (χ3v) is 5.77. The second-order valence-electron chi connectivity index (χ2n) is 8.82. The second-order valence-corrected chi connectivity index (χ2v) is 8.82. The molecule has 3 aromatic carbocycles. The van der Waals surface area contributed by atoms with Gasteiger partial charge in [0.15, 0.2) is 11.8 Å². The van der Waals surface area contributed by atoms with Crippen LogP contribution >= 0.6 is 0 Å². The number of nitrogens with zero attached hydrogens (tertiary/aromatic N) is 1. The van der Waals surface area contributed by atoms with E-state index in [1.807, 2.05) is 24.3 Å². The standard InChI is InChI=1S/C33H31NO8/c1-4-31(35)40-23-30(41-32(36)5-2)22-38-20-6-7-21-39-28-16-12-26(13-17-28)33(37)42-29-18-10-25(11-19-29)24-8-14-27(34-3)15-9-24/h4-5,8-19,30H,1-2,6-7,20-23H2. The lowest BCUT2D eigenvalue weighted by Crippen LogP contribution is -2.29. The van der Waals surface area contributed by atoms with Crippen LogP contribution in [-0.4, -0.2) is 50.4 Å². The van der Waals surface area contributed by atoms with Crippen molar-refractivity contribution in [2.75, 3.05) is 26.4 Å². The maximum Gasteiger partial charge on any atom is 0.343 e. The van der Waals surface area contributed by atoms with E-state index in [-0.39, 0.29) is 13.2 Å². The SMILES string of the molecule is [C-]#[N+]c1ccc(-c2ccc(OC(=O)c3ccc(OCCCCOCC(COC(=O)C=C)OC(=O)C=C)cc3)cc2)cc1. The van der Waals surface area contributed by atoms with Gasteiger partial charge in [0.1, 0.15) is 18.1 Å². The highest BCUT2D eigenvalue weighted by Crippen LogP contribution is 2.25. The first-order valence-corrected chi connectivity index (χ1v) is 13.1. The summed E-state index contributed by atoms with van der Waals surface area (Å²) in [5.41, 5.74) is 2.88. The molecule has 0 N–H and O–H groups in total. The fourth-order valence-corrected chi connectivity index (χ4v) is 3.57. The normalized spacial score (nSPS) is 10.9. The van der Waals surface area contributed by atoms with Crippen LogP contribution in [0.5, 0.6) is 11.5 Å². The van der Waals surface area contributed by atoms with E-state index in [1.165, 1.54) is 0 Å². The van der Waals surface area contributed by atoms with Crippen molar-refractivity contribution in [3.05, 3.63) is 115 Å². The molecule has 0 aliphatic carbocycles. The lowest BCUT2D eigenvalue weighted by atomic mass is 10.1. The zero-order valence-corrected chi connectivity index (χ0v) is 23.0. The van der Waals surface area contributed by atoms with Crippen LogP contribution in [0.2, 0.25) is 0 Å². The molecule has 0 saturated carbocycles. The molecule has 0 amide bonds. The molecule has 0 aliphatic heterocycles. The van der Waals surface area contributed by atoms with Crippen LogP contribution in [0.3, 0.4) is 0 Å². The van der Waals surface area contributed by atoms with Crippen LogP contribution in [0.4, 0.5) is 5.69 Å². The average Bonchev–Trinajstić information content (AvgIpc) is 3.03. The number of carbonyl (C=O) groups is 3. The van der Waals surface area contributed by atoms with E-state index in [0.29, 0.717) is 48.8 Å². The smallest absolute Gasteiger partial charge is 0.343 e. The molecule has 0 spiro atoms. The van der Waals surface area contributed by atoms with Gasteiger partial charge in [-0.2, -0.15) is 0 Å². The Hall–Kier alpha value is -5.20. The van der Waals surface area contributed by atoms with E-state index in [0.717, 1.165) is 23.3 Å². The molecule has 0 heterocycles. The van der Waals surface area contributed by atoms with Crippen molar-refractivity contribution in [2.45, 2.75) is 18.9 Å². The van der Waals surface area contributed by atoms with Gasteiger partial charge < -0.3 is 23.7 Å². The minimum absolute atomic E-state index is 0.0601. The van der Waals surface area contributed by atoms with Crippen LogP contribution in [0, 0.1) is 6.57 Å². The summed E-state index contributed by atoms with van der Waals surface area (Å²) >= 11 is 0. The summed E-state index contributed by atoms with van der Waals surface area (Å²) in [6, 6.07) is 21.1. The number of rotatable bonds is 16. The molecule has 0 saturated heterocycles. The number of unbranched alkanes of at least 4 members (excludes halogenated alkanes) is 1. The van der Waals surface area contributed by atoms with Crippen molar-refractivity contribution in [2.24, 2.45) is 0 Å². The molecule has 0 fully saturated rings. The van der Waals surface area contributed by atoms with Crippen molar-refractivity contribution >= 4 is 23.6 Å². The Labute approximate surface area is 244 Å². The quantitative estimate of drug-likeness (QED) is 0.0668. The molecule has 0 radical (unpaired) electrons. The van der Waals surface area contributed by atoms with Gasteiger partial charge in [0.05, 0.1) is 25.3 Å². The van der Waals surface area contributed by atoms with E-state index < -0.39 is 24.0 Å². The Balaban J connectivity index is 1.36. The zero-order chi connectivity index (χ0) is 30.2. The van der Waals surface area contributed by atoms with Crippen molar-refractivity contribution < 1.29 is 38.1 Å². The van der Waals surface area contributed by atoms with E-state index >= 15 is 0 Å². The molecule has 3 rings (SSSR count). The Morgan fingerprint density at radius 2 is 1.36 bits per heavy atom. The molecular weight excluding hydrogens is 538 g/mol. The molecule has 9 nitrogen and oxygen atoms in total. The molecule has 3 aromatic rings. The van der Waals surface area contributed by atoms with Gasteiger partial charge in [0.25, 0.3) is 0 Å². The maximum atomic E-state index is 12.6. The van der Waals surface area contributed by atoms with Crippen molar-refractivity contribution in [1.82, 2.24) is 0 Å². The minimum atomic E-state index is -0.755. The van der Waals surface area contributed by atoms with E-state index in [4.69, 9.17) is 30.3 Å². The molecule has 0 aromatic heterocycles. The minimum Gasteiger partial charge on any atom is -0.494 e. The highest BCUT2D eigenvalue weighted by atomic mass is 16.6. The lowest BCUT2D eigenvalue weighted by molar-refractivity contribution is -0.156. The third kappa shape index (κ3) is 10.4. The highest BCUT2D eigenvalue weighted by Gasteiger charge is 2.15. The third-order valence-electron chi connectivity index (χ3n) is 5.77. The van der Waals surface area contributed by atoms with E-state index in [2.05, 4.69) is 18.0 Å². The number of benzene rings is 3. The summed E-state index contributed by atoms with van der Waals surface area (Å²) in [4.78, 5) is 38.6. The Bertz CT molecular complexity index is 1390. The number of carbonyl (C=O) groups excluding carboxylic acids is 3. The first-order valence-electron chi connectivity index (χ1n) is 13.1. The summed E-state index contributed by atoms with van der Waals surface area (Å²) < 4.78 is 26.8. The molecule has 1 unspecified atom stereocenters. The topological polar surface area (TPSA) is 102 Å². The fraction of sp³-hybridized carbons (Fsp3) is 0.212. The van der Waals surface area contributed by atoms with Gasteiger partial charge in [-0.25, -0.2) is 19.2 Å². The summed E-state index contributed by atoms with van der Waals surface area (Å²) in [5, 5.41) is 0. The zero-order valence-electron chi connectivity index (χ0n) is 23.0. The van der Waals surface area contributed by atoms with Crippen LogP contribution in [0.1, 0.15) is 23.2 Å². The molecule has 42 heavy (non-hydrogen) atoms. The first-order chi connectivity index (χ1) is 20.4. The van der Waals surface area contributed by atoms with Gasteiger partial charge in [0.2, 0.25) is 0 Å². The van der Waals surface area contributed by atoms with Crippen molar-refractivity contribution in [1.29, 1.82) is 0 Å². The first kappa shape index (κ1) is 31.3. The monoisotopic (exact) mass is 569 g/mol. The number of esters is 3. The van der Waals surface area contributed by atoms with Crippen molar-refractivity contribution in [3.8, 4) is 22.6 Å². The Kier molecular flexibility index (Phi) is 12.5. The Morgan fingerprint density at radius 3 is 1.98 bits per heavy atom. The molecule has 1 atom stereocenters. The molecule has 9 heteroatoms. The van der Waals surface area contributed by atoms with Gasteiger partial charge in [-0.3, -0.25) is 0 Å². The molecule has 0 bridgehead atoms. The predicted molar refractivity (Wildman–Crippen MR) is 156 cm³/mol. The summed E-state index contributed by atoms with van der Waals surface area (Å²) in [7, 11) is 0. The molecule has 216 valence electrons. The largest absolute Gasteiger partial charge is 0.494 e. The van der Waals surface area contributed by atoms with E-state index in [1.54, 1.807) is 48.5 Å². The lowest BCUT2D eigenvalue weighted by Gasteiger charge is -2.17. The summed E-state index contributed by atoms with van der Waals surface area (Å²) in [6.45, 7) is 14.4. The van der Waals surface area contributed by atoms with Gasteiger partial charge in [-0.15, -0.1) is 0 Å². The number of ether oxygens (including phenoxy) is 5. The van der Waals surface area contributed by atoms with Gasteiger partial charge in [-0.1, -0.05) is 49.6 Å². The van der Waals surface area contributed by atoms with Gasteiger partial charge in [-0.05, 0) is 60.4 Å². The van der Waals surface area contributed by atoms with E-state index in [9.17, 15) is 14.4 Å². The van der Waals surface area contributed by atoms with Crippen molar-refractivity contribution in [3.63, 3.8) is 0 Å².